The highest BCUT2D eigenvalue weighted by molar-refractivity contribution is 7.15. The van der Waals surface area contributed by atoms with Crippen LogP contribution in [0.1, 0.15) is 30.3 Å². The summed E-state index contributed by atoms with van der Waals surface area (Å²) in [5, 5.41) is 4.29. The number of rotatable bonds is 3. The molecule has 0 amide bonds. The summed E-state index contributed by atoms with van der Waals surface area (Å²) in [6.07, 6.45) is 4.61. The van der Waals surface area contributed by atoms with Crippen LogP contribution >= 0.6 is 23.7 Å². The van der Waals surface area contributed by atoms with E-state index in [4.69, 9.17) is 5.73 Å². The average molecular weight is 248 g/mol. The molecule has 1 heterocycles. The number of nitrogens with one attached hydrogen (secondary N) is 1. The molecule has 3 N–H and O–H groups in total. The van der Waals surface area contributed by atoms with Gasteiger partial charge in [-0.2, -0.15) is 0 Å². The second-order valence-corrected chi connectivity index (χ2v) is 4.93. The third-order valence-electron chi connectivity index (χ3n) is 2.64. The van der Waals surface area contributed by atoms with Crippen LogP contribution in [0.2, 0.25) is 0 Å². The zero-order valence-electron chi connectivity index (χ0n) is 8.95. The maximum Gasteiger partial charge on any atom is 0.180 e. The Morgan fingerprint density at radius 3 is 3.13 bits per heavy atom. The number of nitrogens with two attached hydrogens (primary N) is 1. The lowest BCUT2D eigenvalue weighted by Crippen LogP contribution is -2.34. The standard InChI is InChI=1S/C10H17N3S.ClH/c1-2-5-12-7-3-4-8-9(6-7)14-10(11)13-8;/h7,12H,2-6H2,1H3,(H2,11,13);1H/t7-;/m1./s1. The molecular formula is C10H18ClN3S. The van der Waals surface area contributed by atoms with E-state index in [1.165, 1.54) is 23.4 Å². The minimum atomic E-state index is 0. The number of fused-ring (bicyclic) bond motifs is 1. The number of aromatic nitrogens is 1. The summed E-state index contributed by atoms with van der Waals surface area (Å²) in [6, 6.07) is 0.641. The molecule has 0 spiro atoms. The molecule has 5 heteroatoms. The Bertz CT molecular complexity index is 314. The zero-order chi connectivity index (χ0) is 9.97. The van der Waals surface area contributed by atoms with Crippen molar-refractivity contribution in [2.45, 2.75) is 38.6 Å². The highest BCUT2D eigenvalue weighted by atomic mass is 35.5. The minimum absolute atomic E-state index is 0. The molecule has 0 fully saturated rings. The largest absolute Gasteiger partial charge is 0.375 e. The van der Waals surface area contributed by atoms with Gasteiger partial charge in [0.25, 0.3) is 0 Å². The second-order valence-electron chi connectivity index (χ2n) is 3.82. The molecule has 2 rings (SSSR count). The van der Waals surface area contributed by atoms with Gasteiger partial charge in [0.15, 0.2) is 5.13 Å². The second kappa shape index (κ2) is 5.68. The Hall–Kier alpha value is -0.320. The van der Waals surface area contributed by atoms with E-state index in [1.807, 2.05) is 0 Å². The molecule has 0 saturated heterocycles. The van der Waals surface area contributed by atoms with E-state index in [1.54, 1.807) is 11.3 Å². The predicted octanol–water partition coefficient (Wildman–Crippen LogP) is 2.00. The van der Waals surface area contributed by atoms with Gasteiger partial charge >= 0.3 is 0 Å². The number of hydrogen-bond donors (Lipinski definition) is 2. The van der Waals surface area contributed by atoms with Gasteiger partial charge in [-0.05, 0) is 32.2 Å². The molecule has 0 bridgehead atoms. The number of nitrogens with zero attached hydrogens (tertiary/aromatic N) is 1. The molecule has 1 aromatic rings. The highest BCUT2D eigenvalue weighted by Crippen LogP contribution is 2.27. The Labute approximate surface area is 101 Å². The molecule has 3 nitrogen and oxygen atoms in total. The summed E-state index contributed by atoms with van der Waals surface area (Å²) in [4.78, 5) is 5.73. The van der Waals surface area contributed by atoms with Crippen LogP contribution in [0, 0.1) is 0 Å². The highest BCUT2D eigenvalue weighted by Gasteiger charge is 2.21. The van der Waals surface area contributed by atoms with Crippen molar-refractivity contribution in [2.24, 2.45) is 0 Å². The van der Waals surface area contributed by atoms with E-state index in [-0.39, 0.29) is 12.4 Å². The fraction of sp³-hybridized carbons (Fsp3) is 0.700. The maximum absolute atomic E-state index is 5.69. The van der Waals surface area contributed by atoms with E-state index < -0.39 is 0 Å². The molecule has 0 unspecified atom stereocenters. The number of nitrogen functional groups attached to an aromatic ring is 1. The quantitative estimate of drug-likeness (QED) is 0.859. The molecule has 1 atom stereocenters. The maximum atomic E-state index is 5.69. The van der Waals surface area contributed by atoms with Gasteiger partial charge in [0.05, 0.1) is 5.69 Å². The summed E-state index contributed by atoms with van der Waals surface area (Å²) >= 11 is 1.65. The van der Waals surface area contributed by atoms with Crippen LogP contribution in [0.15, 0.2) is 0 Å². The Morgan fingerprint density at radius 2 is 2.40 bits per heavy atom. The number of halogens is 1. The van der Waals surface area contributed by atoms with Gasteiger partial charge in [0.2, 0.25) is 0 Å². The van der Waals surface area contributed by atoms with Crippen molar-refractivity contribution in [1.29, 1.82) is 0 Å². The van der Waals surface area contributed by atoms with E-state index in [0.717, 1.165) is 24.5 Å². The van der Waals surface area contributed by atoms with E-state index in [0.29, 0.717) is 6.04 Å². The number of anilines is 1. The van der Waals surface area contributed by atoms with E-state index in [2.05, 4.69) is 17.2 Å². The molecule has 1 aliphatic carbocycles. The molecule has 86 valence electrons. The van der Waals surface area contributed by atoms with E-state index >= 15 is 0 Å². The van der Waals surface area contributed by atoms with Gasteiger partial charge in [-0.1, -0.05) is 6.92 Å². The number of thiazole rings is 1. The third-order valence-corrected chi connectivity index (χ3v) is 3.59. The fourth-order valence-electron chi connectivity index (χ4n) is 1.92. The van der Waals surface area contributed by atoms with Crippen LogP contribution in [0.3, 0.4) is 0 Å². The minimum Gasteiger partial charge on any atom is -0.375 e. The normalized spacial score (nSPS) is 19.4. The number of hydrogen-bond acceptors (Lipinski definition) is 4. The monoisotopic (exact) mass is 247 g/mol. The lowest BCUT2D eigenvalue weighted by atomic mass is 9.98. The van der Waals surface area contributed by atoms with Gasteiger partial charge in [-0.15, -0.1) is 23.7 Å². The van der Waals surface area contributed by atoms with Gasteiger partial charge in [-0.25, -0.2) is 4.98 Å². The lowest BCUT2D eigenvalue weighted by Gasteiger charge is -2.21. The molecule has 0 saturated carbocycles. The first-order valence-electron chi connectivity index (χ1n) is 5.27. The summed E-state index contributed by atoms with van der Waals surface area (Å²) in [5.41, 5.74) is 6.93. The van der Waals surface area contributed by atoms with Gasteiger partial charge < -0.3 is 11.1 Å². The van der Waals surface area contributed by atoms with Crippen LogP contribution in [0.4, 0.5) is 5.13 Å². The van der Waals surface area contributed by atoms with Crippen LogP contribution in [0.25, 0.3) is 0 Å². The first kappa shape index (κ1) is 12.7. The SMILES string of the molecule is CCCN[C@@H]1CCc2nc(N)sc2C1.Cl. The fourth-order valence-corrected chi connectivity index (χ4v) is 2.88. The van der Waals surface area contributed by atoms with Crippen molar-refractivity contribution in [3.8, 4) is 0 Å². The van der Waals surface area contributed by atoms with Gasteiger partial charge in [-0.3, -0.25) is 0 Å². The first-order chi connectivity index (χ1) is 6.79. The summed E-state index contributed by atoms with van der Waals surface area (Å²) < 4.78 is 0. The third kappa shape index (κ3) is 3.06. The van der Waals surface area contributed by atoms with Crippen molar-refractivity contribution in [2.75, 3.05) is 12.3 Å². The molecule has 0 aromatic carbocycles. The van der Waals surface area contributed by atoms with Crippen molar-refractivity contribution in [1.82, 2.24) is 10.3 Å². The Morgan fingerprint density at radius 1 is 1.60 bits per heavy atom. The smallest absolute Gasteiger partial charge is 0.180 e. The van der Waals surface area contributed by atoms with Crippen molar-refractivity contribution < 1.29 is 0 Å². The predicted molar refractivity (Wildman–Crippen MR) is 67.9 cm³/mol. The topological polar surface area (TPSA) is 50.9 Å². The summed E-state index contributed by atoms with van der Waals surface area (Å²) in [6.45, 7) is 3.32. The molecule has 0 radical (unpaired) electrons. The van der Waals surface area contributed by atoms with E-state index in [9.17, 15) is 0 Å². The summed E-state index contributed by atoms with van der Waals surface area (Å²) in [7, 11) is 0. The lowest BCUT2D eigenvalue weighted by molar-refractivity contribution is 0.460. The van der Waals surface area contributed by atoms with Gasteiger partial charge in [0, 0.05) is 10.9 Å². The number of aryl methyl sites for hydroxylation is 1. The van der Waals surface area contributed by atoms with Crippen molar-refractivity contribution >= 4 is 28.9 Å². The molecular weight excluding hydrogens is 230 g/mol. The van der Waals surface area contributed by atoms with Gasteiger partial charge in [0.1, 0.15) is 0 Å². The van der Waals surface area contributed by atoms with Crippen LogP contribution in [-0.4, -0.2) is 17.6 Å². The molecule has 1 aromatic heterocycles. The molecule has 0 aliphatic heterocycles. The Balaban J connectivity index is 0.00000112. The average Bonchev–Trinajstić information content (AvgIpc) is 2.54. The Kier molecular flexibility index (Phi) is 4.83. The molecule has 1 aliphatic rings. The van der Waals surface area contributed by atoms with Crippen LogP contribution in [-0.2, 0) is 12.8 Å². The van der Waals surface area contributed by atoms with Crippen LogP contribution in [0.5, 0.6) is 0 Å². The van der Waals surface area contributed by atoms with Crippen molar-refractivity contribution in [3.63, 3.8) is 0 Å². The van der Waals surface area contributed by atoms with Crippen LogP contribution < -0.4 is 11.1 Å². The van der Waals surface area contributed by atoms with Crippen molar-refractivity contribution in [3.05, 3.63) is 10.6 Å². The first-order valence-corrected chi connectivity index (χ1v) is 6.08. The molecule has 15 heavy (non-hydrogen) atoms. The summed E-state index contributed by atoms with van der Waals surface area (Å²) in [5.74, 6) is 0. The zero-order valence-corrected chi connectivity index (χ0v) is 10.6.